The van der Waals surface area contributed by atoms with Crippen LogP contribution < -0.4 is 5.32 Å². The normalized spacial score (nSPS) is 25.2. The highest BCUT2D eigenvalue weighted by molar-refractivity contribution is 5.19. The van der Waals surface area contributed by atoms with Gasteiger partial charge in [-0.15, -0.1) is 0 Å². The van der Waals surface area contributed by atoms with Gasteiger partial charge < -0.3 is 10.4 Å². The zero-order valence-electron chi connectivity index (χ0n) is 12.0. The summed E-state index contributed by atoms with van der Waals surface area (Å²) >= 11 is 0. The maximum Gasteiger partial charge on any atom is 0.0626 e. The van der Waals surface area contributed by atoms with Crippen LogP contribution >= 0.6 is 0 Å². The van der Waals surface area contributed by atoms with Gasteiger partial charge in [0, 0.05) is 6.04 Å². The molecule has 106 valence electrons. The van der Waals surface area contributed by atoms with Crippen LogP contribution in [-0.2, 0) is 0 Å². The van der Waals surface area contributed by atoms with Gasteiger partial charge in [-0.2, -0.15) is 0 Å². The van der Waals surface area contributed by atoms with E-state index in [1.165, 1.54) is 44.1 Å². The van der Waals surface area contributed by atoms with Gasteiger partial charge in [0.05, 0.1) is 12.6 Å². The Kier molecular flexibility index (Phi) is 5.87. The second-order valence-electron chi connectivity index (χ2n) is 5.82. The Morgan fingerprint density at radius 3 is 2.42 bits per heavy atom. The maximum absolute atomic E-state index is 9.58. The highest BCUT2D eigenvalue weighted by Crippen LogP contribution is 2.29. The van der Waals surface area contributed by atoms with Crippen molar-refractivity contribution in [3.63, 3.8) is 0 Å². The van der Waals surface area contributed by atoms with Gasteiger partial charge in [0.1, 0.15) is 0 Å². The van der Waals surface area contributed by atoms with Crippen molar-refractivity contribution in [1.82, 2.24) is 5.32 Å². The van der Waals surface area contributed by atoms with Crippen LogP contribution in [0.5, 0.6) is 0 Å². The molecule has 19 heavy (non-hydrogen) atoms. The fourth-order valence-electron chi connectivity index (χ4n) is 3.25. The lowest BCUT2D eigenvalue weighted by Gasteiger charge is -2.32. The third-order valence-corrected chi connectivity index (χ3v) is 4.37. The SMILES string of the molecule is CCCC1CCC(NC(CO)c2ccccc2)CC1. The van der Waals surface area contributed by atoms with E-state index in [9.17, 15) is 5.11 Å². The summed E-state index contributed by atoms with van der Waals surface area (Å²) in [7, 11) is 0. The van der Waals surface area contributed by atoms with E-state index in [4.69, 9.17) is 0 Å². The molecule has 0 radical (unpaired) electrons. The van der Waals surface area contributed by atoms with Crippen LogP contribution in [-0.4, -0.2) is 17.8 Å². The maximum atomic E-state index is 9.58. The Morgan fingerprint density at radius 1 is 1.16 bits per heavy atom. The molecular weight excluding hydrogens is 234 g/mol. The average Bonchev–Trinajstić information content (AvgIpc) is 2.48. The Bertz CT molecular complexity index is 344. The lowest BCUT2D eigenvalue weighted by atomic mass is 9.83. The van der Waals surface area contributed by atoms with E-state index < -0.39 is 0 Å². The van der Waals surface area contributed by atoms with Gasteiger partial charge in [-0.25, -0.2) is 0 Å². The third kappa shape index (κ3) is 4.32. The van der Waals surface area contributed by atoms with Crippen molar-refractivity contribution in [3.05, 3.63) is 35.9 Å². The summed E-state index contributed by atoms with van der Waals surface area (Å²) in [4.78, 5) is 0. The summed E-state index contributed by atoms with van der Waals surface area (Å²) in [6, 6.07) is 11.0. The van der Waals surface area contributed by atoms with E-state index in [2.05, 4.69) is 24.4 Å². The lowest BCUT2D eigenvalue weighted by molar-refractivity contribution is 0.205. The van der Waals surface area contributed by atoms with Crippen molar-refractivity contribution in [2.45, 2.75) is 57.5 Å². The van der Waals surface area contributed by atoms with Crippen molar-refractivity contribution >= 4 is 0 Å². The van der Waals surface area contributed by atoms with Crippen LogP contribution in [0.4, 0.5) is 0 Å². The Hall–Kier alpha value is -0.860. The molecular formula is C17H27NO. The van der Waals surface area contributed by atoms with Crippen molar-refractivity contribution < 1.29 is 5.11 Å². The molecule has 1 aromatic carbocycles. The fourth-order valence-corrected chi connectivity index (χ4v) is 3.25. The zero-order chi connectivity index (χ0) is 13.5. The zero-order valence-corrected chi connectivity index (χ0v) is 12.0. The Morgan fingerprint density at radius 2 is 1.84 bits per heavy atom. The molecule has 0 heterocycles. The van der Waals surface area contributed by atoms with E-state index in [1.807, 2.05) is 18.2 Å². The molecule has 0 saturated heterocycles. The number of aliphatic hydroxyl groups excluding tert-OH is 1. The third-order valence-electron chi connectivity index (χ3n) is 4.37. The molecule has 1 saturated carbocycles. The number of rotatable bonds is 6. The molecule has 2 nitrogen and oxygen atoms in total. The lowest BCUT2D eigenvalue weighted by Crippen LogP contribution is -2.37. The molecule has 0 amide bonds. The minimum absolute atomic E-state index is 0.0916. The molecule has 1 unspecified atom stereocenters. The van der Waals surface area contributed by atoms with Crippen LogP contribution in [0.1, 0.15) is 57.1 Å². The van der Waals surface area contributed by atoms with E-state index in [0.717, 1.165) is 5.92 Å². The number of aliphatic hydroxyl groups is 1. The smallest absolute Gasteiger partial charge is 0.0626 e. The standard InChI is InChI=1S/C17H27NO/c1-2-6-14-9-11-16(12-10-14)18-17(13-19)15-7-4-3-5-8-15/h3-5,7-8,14,16-19H,2,6,9-13H2,1H3. The molecule has 2 N–H and O–H groups in total. The van der Waals surface area contributed by atoms with Gasteiger partial charge in [-0.05, 0) is 37.2 Å². The average molecular weight is 261 g/mol. The van der Waals surface area contributed by atoms with Gasteiger partial charge in [-0.3, -0.25) is 0 Å². The van der Waals surface area contributed by atoms with E-state index >= 15 is 0 Å². The van der Waals surface area contributed by atoms with E-state index in [1.54, 1.807) is 0 Å². The van der Waals surface area contributed by atoms with Gasteiger partial charge in [-0.1, -0.05) is 50.1 Å². The number of hydrogen-bond acceptors (Lipinski definition) is 2. The summed E-state index contributed by atoms with van der Waals surface area (Å²) in [6.07, 6.45) is 7.90. The highest BCUT2D eigenvalue weighted by atomic mass is 16.3. The Balaban J connectivity index is 1.84. The first-order valence-electron chi connectivity index (χ1n) is 7.75. The molecule has 1 aliphatic carbocycles. The van der Waals surface area contributed by atoms with Gasteiger partial charge >= 0.3 is 0 Å². The van der Waals surface area contributed by atoms with Gasteiger partial charge in [0.2, 0.25) is 0 Å². The molecule has 1 atom stereocenters. The van der Waals surface area contributed by atoms with Crippen LogP contribution in [0.25, 0.3) is 0 Å². The Labute approximate surface area is 117 Å². The summed E-state index contributed by atoms with van der Waals surface area (Å²) in [5.41, 5.74) is 1.20. The summed E-state index contributed by atoms with van der Waals surface area (Å²) < 4.78 is 0. The van der Waals surface area contributed by atoms with Crippen molar-refractivity contribution in [1.29, 1.82) is 0 Å². The number of hydrogen-bond donors (Lipinski definition) is 2. The van der Waals surface area contributed by atoms with Gasteiger partial charge in [0.15, 0.2) is 0 Å². The predicted octanol–water partition coefficient (Wildman–Crippen LogP) is 3.67. The van der Waals surface area contributed by atoms with Crippen LogP contribution in [0, 0.1) is 5.92 Å². The molecule has 2 rings (SSSR count). The van der Waals surface area contributed by atoms with Gasteiger partial charge in [0.25, 0.3) is 0 Å². The fraction of sp³-hybridized carbons (Fsp3) is 0.647. The molecule has 1 aliphatic rings. The molecule has 2 heteroatoms. The predicted molar refractivity (Wildman–Crippen MR) is 80.1 cm³/mol. The largest absolute Gasteiger partial charge is 0.394 e. The minimum Gasteiger partial charge on any atom is -0.394 e. The number of nitrogens with one attached hydrogen (secondary N) is 1. The first-order valence-corrected chi connectivity index (χ1v) is 7.75. The number of benzene rings is 1. The monoisotopic (exact) mass is 261 g/mol. The van der Waals surface area contributed by atoms with Crippen LogP contribution in [0.15, 0.2) is 30.3 Å². The molecule has 1 fully saturated rings. The second-order valence-corrected chi connectivity index (χ2v) is 5.82. The summed E-state index contributed by atoms with van der Waals surface area (Å²) in [6.45, 7) is 2.46. The molecule has 1 aromatic rings. The first kappa shape index (κ1) is 14.5. The summed E-state index contributed by atoms with van der Waals surface area (Å²) in [5, 5.41) is 13.2. The topological polar surface area (TPSA) is 32.3 Å². The van der Waals surface area contributed by atoms with E-state index in [-0.39, 0.29) is 12.6 Å². The second kappa shape index (κ2) is 7.66. The highest BCUT2D eigenvalue weighted by Gasteiger charge is 2.22. The molecule has 0 bridgehead atoms. The molecule has 0 aliphatic heterocycles. The summed E-state index contributed by atoms with van der Waals surface area (Å²) in [5.74, 6) is 0.937. The van der Waals surface area contributed by atoms with Crippen LogP contribution in [0.3, 0.4) is 0 Å². The van der Waals surface area contributed by atoms with Crippen molar-refractivity contribution in [3.8, 4) is 0 Å². The molecule has 0 spiro atoms. The van der Waals surface area contributed by atoms with Crippen molar-refractivity contribution in [2.75, 3.05) is 6.61 Å². The quantitative estimate of drug-likeness (QED) is 0.819. The first-order chi connectivity index (χ1) is 9.33. The van der Waals surface area contributed by atoms with Crippen LogP contribution in [0.2, 0.25) is 0 Å². The minimum atomic E-state index is 0.0916. The van der Waals surface area contributed by atoms with Crippen molar-refractivity contribution in [2.24, 2.45) is 5.92 Å². The molecule has 0 aromatic heterocycles. The van der Waals surface area contributed by atoms with E-state index in [0.29, 0.717) is 6.04 Å².